The molecule has 0 unspecified atom stereocenters. The van der Waals surface area contributed by atoms with Crippen LogP contribution in [0.3, 0.4) is 0 Å². The summed E-state index contributed by atoms with van der Waals surface area (Å²) in [6, 6.07) is -0.380. The average Bonchev–Trinajstić information content (AvgIpc) is 3.24. The molecule has 0 spiro atoms. The van der Waals surface area contributed by atoms with Crippen LogP contribution in [0, 0.1) is 0 Å². The molecule has 0 atom stereocenters. The molecule has 0 bridgehead atoms. The summed E-state index contributed by atoms with van der Waals surface area (Å²) < 4.78 is 4.22. The first-order valence-electron chi connectivity index (χ1n) is 9.24. The Bertz CT molecular complexity index is 589. The quantitative estimate of drug-likeness (QED) is 0.387. The smallest absolute Gasteiger partial charge is 0.341 e. The van der Waals surface area contributed by atoms with E-state index in [2.05, 4.69) is 26.8 Å². The molecule has 0 radical (unpaired) electrons. The van der Waals surface area contributed by atoms with Gasteiger partial charge in [-0.1, -0.05) is 26.2 Å². The molecule has 1 fully saturated rings. The van der Waals surface area contributed by atoms with Crippen molar-refractivity contribution < 1.29 is 14.7 Å². The number of likely N-dealkylation sites (tertiary alicyclic amines) is 1. The number of rotatable bonds is 11. The first kappa shape index (κ1) is 21.0. The van der Waals surface area contributed by atoms with Gasteiger partial charge in [-0.15, -0.1) is 11.8 Å². The van der Waals surface area contributed by atoms with Gasteiger partial charge in [0.1, 0.15) is 15.6 Å². The van der Waals surface area contributed by atoms with Crippen molar-refractivity contribution >= 4 is 40.3 Å². The van der Waals surface area contributed by atoms with Crippen LogP contribution in [0.2, 0.25) is 0 Å². The van der Waals surface area contributed by atoms with Crippen LogP contribution < -0.4 is 10.6 Å². The Labute approximate surface area is 163 Å². The molecule has 1 saturated heterocycles. The third-order valence-electron chi connectivity index (χ3n) is 4.25. The normalized spacial score (nSPS) is 14.5. The second-order valence-corrected chi connectivity index (χ2v) is 8.19. The van der Waals surface area contributed by atoms with Gasteiger partial charge in [0, 0.05) is 13.1 Å². The molecular formula is C17H28N4O3S2. The van der Waals surface area contributed by atoms with Crippen molar-refractivity contribution in [3.63, 3.8) is 0 Å². The lowest BCUT2D eigenvalue weighted by Crippen LogP contribution is -2.36. The predicted octanol–water partition coefficient (Wildman–Crippen LogP) is 3.73. The zero-order valence-corrected chi connectivity index (χ0v) is 16.9. The third kappa shape index (κ3) is 6.77. The lowest BCUT2D eigenvalue weighted by molar-refractivity contribution is 0.0694. The van der Waals surface area contributed by atoms with Gasteiger partial charge in [-0.3, -0.25) is 5.32 Å². The molecule has 26 heavy (non-hydrogen) atoms. The molecular weight excluding hydrogens is 372 g/mol. The molecule has 7 nitrogen and oxygen atoms in total. The van der Waals surface area contributed by atoms with Crippen LogP contribution in [0.4, 0.5) is 9.80 Å². The predicted molar refractivity (Wildman–Crippen MR) is 107 cm³/mol. The van der Waals surface area contributed by atoms with E-state index >= 15 is 0 Å². The number of carbonyl (C=O) groups excluding carboxylic acids is 1. The molecule has 3 N–H and O–H groups in total. The van der Waals surface area contributed by atoms with Gasteiger partial charge in [0.15, 0.2) is 0 Å². The molecule has 2 heterocycles. The molecule has 2 amide bonds. The maximum Gasteiger partial charge on any atom is 0.341 e. The number of anilines is 1. The zero-order valence-electron chi connectivity index (χ0n) is 15.3. The topological polar surface area (TPSA) is 94.6 Å². The van der Waals surface area contributed by atoms with E-state index < -0.39 is 5.97 Å². The SMILES string of the molecule is CCCCCCSc1nsc(NC(=O)NCCN2CCCC2)c1C(=O)O. The number of aromatic nitrogens is 1. The maximum absolute atomic E-state index is 12.0. The molecule has 1 aromatic rings. The Morgan fingerprint density at radius 1 is 1.27 bits per heavy atom. The summed E-state index contributed by atoms with van der Waals surface area (Å²) in [5, 5.41) is 15.7. The molecule has 2 rings (SSSR count). The van der Waals surface area contributed by atoms with Crippen LogP contribution in [0.1, 0.15) is 55.8 Å². The number of hydrogen-bond acceptors (Lipinski definition) is 6. The van der Waals surface area contributed by atoms with Gasteiger partial charge in [0.05, 0.1) is 0 Å². The maximum atomic E-state index is 12.0. The number of nitrogens with one attached hydrogen (secondary N) is 2. The lowest BCUT2D eigenvalue weighted by atomic mass is 10.2. The van der Waals surface area contributed by atoms with E-state index in [0.717, 1.165) is 49.8 Å². The number of carboxylic acids is 1. The van der Waals surface area contributed by atoms with Gasteiger partial charge in [-0.2, -0.15) is 4.37 Å². The molecule has 1 aromatic heterocycles. The second kappa shape index (κ2) is 11.4. The van der Waals surface area contributed by atoms with Crippen molar-refractivity contribution in [2.75, 3.05) is 37.2 Å². The Morgan fingerprint density at radius 3 is 2.73 bits per heavy atom. The minimum Gasteiger partial charge on any atom is -0.477 e. The number of unbranched alkanes of at least 4 members (excludes halogenated alkanes) is 3. The summed E-state index contributed by atoms with van der Waals surface area (Å²) in [6.07, 6.45) is 6.97. The molecule has 1 aliphatic rings. The number of aromatic carboxylic acids is 1. The fourth-order valence-electron chi connectivity index (χ4n) is 2.83. The molecule has 1 aliphatic heterocycles. The van der Waals surface area contributed by atoms with Gasteiger partial charge < -0.3 is 15.3 Å². The van der Waals surface area contributed by atoms with Crippen molar-refractivity contribution in [2.45, 2.75) is 50.5 Å². The third-order valence-corrected chi connectivity index (χ3v) is 6.19. The van der Waals surface area contributed by atoms with E-state index in [-0.39, 0.29) is 11.6 Å². The molecule has 146 valence electrons. The van der Waals surface area contributed by atoms with E-state index in [4.69, 9.17) is 0 Å². The zero-order chi connectivity index (χ0) is 18.8. The Hall–Kier alpha value is -1.32. The minimum absolute atomic E-state index is 0.102. The minimum atomic E-state index is -1.05. The van der Waals surface area contributed by atoms with E-state index in [1.54, 1.807) is 0 Å². The summed E-state index contributed by atoms with van der Waals surface area (Å²) >= 11 is 2.47. The Balaban J connectivity index is 1.81. The number of carbonyl (C=O) groups is 2. The van der Waals surface area contributed by atoms with Crippen molar-refractivity contribution in [3.05, 3.63) is 5.56 Å². The van der Waals surface area contributed by atoms with E-state index in [1.165, 1.54) is 37.4 Å². The fraction of sp³-hybridized carbons (Fsp3) is 0.706. The van der Waals surface area contributed by atoms with Crippen molar-refractivity contribution in [1.29, 1.82) is 0 Å². The molecule has 0 aliphatic carbocycles. The molecule has 0 saturated carbocycles. The first-order valence-corrected chi connectivity index (χ1v) is 11.0. The van der Waals surface area contributed by atoms with Gasteiger partial charge in [0.25, 0.3) is 0 Å². The number of nitrogens with zero attached hydrogens (tertiary/aromatic N) is 2. The summed E-state index contributed by atoms with van der Waals surface area (Å²) in [5.41, 5.74) is 0.102. The Kier molecular flexibility index (Phi) is 9.21. The van der Waals surface area contributed by atoms with Crippen LogP contribution in [-0.4, -0.2) is 58.3 Å². The van der Waals surface area contributed by atoms with E-state index in [9.17, 15) is 14.7 Å². The molecule has 9 heteroatoms. The first-order chi connectivity index (χ1) is 12.6. The van der Waals surface area contributed by atoms with Gasteiger partial charge in [-0.05, 0) is 49.6 Å². The second-order valence-electron chi connectivity index (χ2n) is 6.34. The lowest BCUT2D eigenvalue weighted by Gasteiger charge is -2.14. The summed E-state index contributed by atoms with van der Waals surface area (Å²) in [7, 11) is 0. The van der Waals surface area contributed by atoms with E-state index in [0.29, 0.717) is 16.6 Å². The van der Waals surface area contributed by atoms with Crippen LogP contribution >= 0.6 is 23.3 Å². The monoisotopic (exact) mass is 400 g/mol. The number of amides is 2. The van der Waals surface area contributed by atoms with Crippen LogP contribution in [0.5, 0.6) is 0 Å². The highest BCUT2D eigenvalue weighted by molar-refractivity contribution is 7.99. The Morgan fingerprint density at radius 2 is 2.04 bits per heavy atom. The van der Waals surface area contributed by atoms with Gasteiger partial charge in [0.2, 0.25) is 0 Å². The summed E-state index contributed by atoms with van der Waals surface area (Å²) in [5.74, 6) is -0.215. The van der Waals surface area contributed by atoms with Crippen molar-refractivity contribution in [1.82, 2.24) is 14.6 Å². The highest BCUT2D eigenvalue weighted by atomic mass is 32.2. The van der Waals surface area contributed by atoms with Crippen molar-refractivity contribution in [3.8, 4) is 0 Å². The number of urea groups is 1. The number of hydrogen-bond donors (Lipinski definition) is 3. The number of carboxylic acid groups (broad SMARTS) is 1. The van der Waals surface area contributed by atoms with Gasteiger partial charge in [-0.25, -0.2) is 9.59 Å². The van der Waals surface area contributed by atoms with Crippen molar-refractivity contribution in [2.24, 2.45) is 0 Å². The summed E-state index contributed by atoms with van der Waals surface area (Å²) in [4.78, 5) is 25.9. The highest BCUT2D eigenvalue weighted by Crippen LogP contribution is 2.32. The standard InChI is InChI=1S/C17H28N4O3S2/c1-2-3-4-7-12-25-15-13(16(22)23)14(26-20-15)19-17(24)18-8-11-21-9-5-6-10-21/h2-12H2,1H3,(H,22,23)(H2,18,19,24). The average molecular weight is 401 g/mol. The largest absolute Gasteiger partial charge is 0.477 e. The van der Waals surface area contributed by atoms with Crippen LogP contribution in [0.15, 0.2) is 5.03 Å². The van der Waals surface area contributed by atoms with Gasteiger partial charge >= 0.3 is 12.0 Å². The summed E-state index contributed by atoms with van der Waals surface area (Å²) in [6.45, 7) is 5.69. The fourth-order valence-corrected chi connectivity index (χ4v) is 4.77. The van der Waals surface area contributed by atoms with E-state index in [1.807, 2.05) is 0 Å². The molecule has 0 aromatic carbocycles. The number of thioether (sulfide) groups is 1. The van der Waals surface area contributed by atoms with Crippen LogP contribution in [0.25, 0.3) is 0 Å². The highest BCUT2D eigenvalue weighted by Gasteiger charge is 2.22. The van der Waals surface area contributed by atoms with Crippen LogP contribution in [-0.2, 0) is 0 Å².